The van der Waals surface area contributed by atoms with Crippen LogP contribution in [-0.4, -0.2) is 32.6 Å². The fourth-order valence-electron chi connectivity index (χ4n) is 3.52. The van der Waals surface area contributed by atoms with Crippen molar-refractivity contribution < 1.29 is 0 Å². The molecule has 4 rings (SSSR count). The highest BCUT2D eigenvalue weighted by Crippen LogP contribution is 2.39. The summed E-state index contributed by atoms with van der Waals surface area (Å²) in [6.07, 6.45) is 10.3. The van der Waals surface area contributed by atoms with E-state index in [1.807, 2.05) is 26.2 Å². The molecular weight excluding hydrogens is 314 g/mol. The number of rotatable bonds is 4. The van der Waals surface area contributed by atoms with Gasteiger partial charge in [-0.15, -0.1) is 0 Å². The van der Waals surface area contributed by atoms with Crippen LogP contribution in [0, 0.1) is 19.8 Å². The molecule has 0 atom stereocenters. The van der Waals surface area contributed by atoms with Crippen LogP contribution in [-0.2, 0) is 6.54 Å². The molecule has 6 nitrogen and oxygen atoms in total. The number of nitrogens with zero attached hydrogens (tertiary/aromatic N) is 5. The summed E-state index contributed by atoms with van der Waals surface area (Å²) in [6, 6.07) is 0. The molecule has 1 saturated carbocycles. The molecule has 0 amide bonds. The predicted molar refractivity (Wildman–Crippen MR) is 96.9 cm³/mol. The first-order valence-electron chi connectivity index (χ1n) is 9.21. The maximum Gasteiger partial charge on any atom is 0.256 e. The Labute approximate surface area is 148 Å². The highest BCUT2D eigenvalue weighted by atomic mass is 16.1. The number of aromatic nitrogens is 4. The van der Waals surface area contributed by atoms with Crippen molar-refractivity contribution in [3.05, 3.63) is 45.9 Å². The molecule has 3 heterocycles. The van der Waals surface area contributed by atoms with E-state index in [4.69, 9.17) is 0 Å². The van der Waals surface area contributed by atoms with Gasteiger partial charge < -0.3 is 4.90 Å². The third-order valence-corrected chi connectivity index (χ3v) is 5.57. The fraction of sp³-hybridized carbons (Fsp3) is 0.579. The van der Waals surface area contributed by atoms with Gasteiger partial charge in [0.25, 0.3) is 5.56 Å². The van der Waals surface area contributed by atoms with Crippen molar-refractivity contribution in [2.24, 2.45) is 5.92 Å². The maximum absolute atomic E-state index is 12.3. The van der Waals surface area contributed by atoms with Gasteiger partial charge in [0.2, 0.25) is 5.95 Å². The Bertz CT molecular complexity index is 802. The maximum atomic E-state index is 12.3. The lowest BCUT2D eigenvalue weighted by Gasteiger charge is -2.32. The standard InChI is InChI=1S/C19H25N5O/c1-13-14(2)22-12-24(18(13)25)11-15-5-7-23(8-6-15)19-20-9-17(10-21-19)16-3-4-16/h9-10,12,15-16H,3-8,11H2,1-2H3. The Morgan fingerprint density at radius 2 is 1.72 bits per heavy atom. The Balaban J connectivity index is 1.36. The van der Waals surface area contributed by atoms with Crippen LogP contribution >= 0.6 is 0 Å². The van der Waals surface area contributed by atoms with Gasteiger partial charge in [-0.05, 0) is 56.9 Å². The predicted octanol–water partition coefficient (Wildman–Crippen LogP) is 2.44. The summed E-state index contributed by atoms with van der Waals surface area (Å²) >= 11 is 0. The van der Waals surface area contributed by atoms with Crippen molar-refractivity contribution >= 4 is 5.95 Å². The molecule has 2 aliphatic rings. The molecule has 132 valence electrons. The van der Waals surface area contributed by atoms with Crippen molar-refractivity contribution in [1.82, 2.24) is 19.5 Å². The first-order chi connectivity index (χ1) is 12.1. The molecule has 1 saturated heterocycles. The SMILES string of the molecule is Cc1ncn(CC2CCN(c3ncc(C4CC4)cn3)CC2)c(=O)c1C. The van der Waals surface area contributed by atoms with Crippen LogP contribution in [0.1, 0.15) is 48.4 Å². The zero-order valence-corrected chi connectivity index (χ0v) is 15.0. The Morgan fingerprint density at radius 3 is 2.36 bits per heavy atom. The van der Waals surface area contributed by atoms with Crippen molar-refractivity contribution in [3.8, 4) is 0 Å². The number of hydrogen-bond donors (Lipinski definition) is 0. The molecule has 0 spiro atoms. The van der Waals surface area contributed by atoms with Crippen LogP contribution in [0.25, 0.3) is 0 Å². The van der Waals surface area contributed by atoms with Crippen LogP contribution in [0.5, 0.6) is 0 Å². The second-order valence-electron chi connectivity index (χ2n) is 7.43. The summed E-state index contributed by atoms with van der Waals surface area (Å²) in [6.45, 7) is 6.38. The lowest BCUT2D eigenvalue weighted by Crippen LogP contribution is -2.37. The summed E-state index contributed by atoms with van der Waals surface area (Å²) < 4.78 is 1.77. The highest BCUT2D eigenvalue weighted by molar-refractivity contribution is 5.32. The molecule has 0 unspecified atom stereocenters. The second kappa shape index (κ2) is 6.58. The topological polar surface area (TPSA) is 63.9 Å². The van der Waals surface area contributed by atoms with Gasteiger partial charge in [-0.25, -0.2) is 15.0 Å². The van der Waals surface area contributed by atoms with E-state index in [2.05, 4.69) is 19.9 Å². The van der Waals surface area contributed by atoms with Gasteiger partial charge in [-0.2, -0.15) is 0 Å². The first-order valence-corrected chi connectivity index (χ1v) is 9.21. The molecule has 2 aromatic rings. The Morgan fingerprint density at radius 1 is 1.04 bits per heavy atom. The smallest absolute Gasteiger partial charge is 0.256 e. The zero-order chi connectivity index (χ0) is 17.4. The lowest BCUT2D eigenvalue weighted by atomic mass is 9.97. The average Bonchev–Trinajstić information content (AvgIpc) is 3.48. The lowest BCUT2D eigenvalue weighted by molar-refractivity contribution is 0.348. The molecule has 0 radical (unpaired) electrons. The minimum atomic E-state index is 0.0916. The van der Waals surface area contributed by atoms with Gasteiger partial charge in [0.1, 0.15) is 0 Å². The van der Waals surface area contributed by atoms with E-state index in [1.165, 1.54) is 18.4 Å². The molecule has 0 bridgehead atoms. The van der Waals surface area contributed by atoms with E-state index in [0.717, 1.165) is 49.7 Å². The van der Waals surface area contributed by atoms with Crippen molar-refractivity contribution in [2.45, 2.75) is 52.0 Å². The number of hydrogen-bond acceptors (Lipinski definition) is 5. The summed E-state index contributed by atoms with van der Waals surface area (Å²) in [5.41, 5.74) is 2.95. The second-order valence-corrected chi connectivity index (χ2v) is 7.43. The van der Waals surface area contributed by atoms with Crippen LogP contribution < -0.4 is 10.5 Å². The largest absolute Gasteiger partial charge is 0.341 e. The molecule has 0 aromatic carbocycles. The average molecular weight is 339 g/mol. The van der Waals surface area contributed by atoms with Gasteiger partial charge in [-0.1, -0.05) is 0 Å². The molecule has 25 heavy (non-hydrogen) atoms. The Hall–Kier alpha value is -2.24. The normalized spacial score (nSPS) is 18.6. The van der Waals surface area contributed by atoms with Crippen LogP contribution in [0.2, 0.25) is 0 Å². The monoisotopic (exact) mass is 339 g/mol. The van der Waals surface area contributed by atoms with E-state index < -0.39 is 0 Å². The first kappa shape index (κ1) is 16.2. The van der Waals surface area contributed by atoms with Crippen LogP contribution in [0.4, 0.5) is 5.95 Å². The van der Waals surface area contributed by atoms with Crippen molar-refractivity contribution in [1.29, 1.82) is 0 Å². The number of aryl methyl sites for hydroxylation is 1. The number of piperidine rings is 1. The highest BCUT2D eigenvalue weighted by Gasteiger charge is 2.25. The van der Waals surface area contributed by atoms with Gasteiger partial charge in [0, 0.05) is 43.3 Å². The summed E-state index contributed by atoms with van der Waals surface area (Å²) in [5.74, 6) is 2.04. The molecule has 1 aliphatic heterocycles. The third-order valence-electron chi connectivity index (χ3n) is 5.57. The molecular formula is C19H25N5O. The van der Waals surface area contributed by atoms with E-state index in [-0.39, 0.29) is 5.56 Å². The Kier molecular flexibility index (Phi) is 4.27. The third kappa shape index (κ3) is 3.43. The fourth-order valence-corrected chi connectivity index (χ4v) is 3.52. The van der Waals surface area contributed by atoms with E-state index >= 15 is 0 Å². The summed E-state index contributed by atoms with van der Waals surface area (Å²) in [7, 11) is 0. The summed E-state index contributed by atoms with van der Waals surface area (Å²) in [4.78, 5) is 28.0. The molecule has 2 aromatic heterocycles. The van der Waals surface area contributed by atoms with E-state index in [9.17, 15) is 4.79 Å². The van der Waals surface area contributed by atoms with Gasteiger partial charge in [-0.3, -0.25) is 9.36 Å². The van der Waals surface area contributed by atoms with Crippen LogP contribution in [0.3, 0.4) is 0 Å². The molecule has 2 fully saturated rings. The van der Waals surface area contributed by atoms with Gasteiger partial charge in [0.05, 0.1) is 6.33 Å². The minimum Gasteiger partial charge on any atom is -0.341 e. The van der Waals surface area contributed by atoms with Crippen LogP contribution in [0.15, 0.2) is 23.5 Å². The quantitative estimate of drug-likeness (QED) is 0.856. The van der Waals surface area contributed by atoms with E-state index in [1.54, 1.807) is 10.9 Å². The zero-order valence-electron chi connectivity index (χ0n) is 15.0. The van der Waals surface area contributed by atoms with Crippen molar-refractivity contribution in [2.75, 3.05) is 18.0 Å². The number of anilines is 1. The molecule has 0 N–H and O–H groups in total. The molecule has 1 aliphatic carbocycles. The van der Waals surface area contributed by atoms with Crippen molar-refractivity contribution in [3.63, 3.8) is 0 Å². The summed E-state index contributed by atoms with van der Waals surface area (Å²) in [5, 5.41) is 0. The minimum absolute atomic E-state index is 0.0916. The van der Waals surface area contributed by atoms with E-state index in [0.29, 0.717) is 11.8 Å². The van der Waals surface area contributed by atoms with Gasteiger partial charge >= 0.3 is 0 Å². The van der Waals surface area contributed by atoms with Gasteiger partial charge in [0.15, 0.2) is 0 Å². The molecule has 6 heteroatoms.